The molecule has 0 unspecified atom stereocenters. The summed E-state index contributed by atoms with van der Waals surface area (Å²) in [7, 11) is 1.75. The lowest BCUT2D eigenvalue weighted by atomic mass is 9.93. The SMILES string of the molecule is Cn1cc(-c2cc(C3(C#N)CC3)ccc2Oc2ccc(Cl)cc2)c2sccc2c1=O. The van der Waals surface area contributed by atoms with Crippen molar-refractivity contribution in [3.8, 4) is 28.7 Å². The molecule has 1 aliphatic carbocycles. The molecule has 1 fully saturated rings. The number of rotatable bonds is 4. The second-order valence-corrected chi connectivity index (χ2v) is 8.94. The van der Waals surface area contributed by atoms with E-state index in [0.29, 0.717) is 21.9 Å². The Morgan fingerprint density at radius 3 is 2.60 bits per heavy atom. The second kappa shape index (κ2) is 7.02. The highest BCUT2D eigenvalue weighted by Crippen LogP contribution is 2.50. The highest BCUT2D eigenvalue weighted by molar-refractivity contribution is 7.17. The Bertz CT molecular complexity index is 1380. The van der Waals surface area contributed by atoms with Gasteiger partial charge < -0.3 is 9.30 Å². The van der Waals surface area contributed by atoms with Gasteiger partial charge in [-0.15, -0.1) is 11.3 Å². The monoisotopic (exact) mass is 432 g/mol. The van der Waals surface area contributed by atoms with Crippen molar-refractivity contribution in [2.24, 2.45) is 7.05 Å². The van der Waals surface area contributed by atoms with Crippen LogP contribution in [0.2, 0.25) is 5.02 Å². The topological polar surface area (TPSA) is 55.0 Å². The average Bonchev–Trinajstić information content (AvgIpc) is 3.40. The number of benzene rings is 2. The van der Waals surface area contributed by atoms with Gasteiger partial charge in [-0.05, 0) is 66.2 Å². The molecule has 0 radical (unpaired) electrons. The van der Waals surface area contributed by atoms with Crippen LogP contribution in [0, 0.1) is 11.3 Å². The molecule has 1 aliphatic rings. The highest BCUT2D eigenvalue weighted by Gasteiger charge is 2.45. The predicted molar refractivity (Wildman–Crippen MR) is 121 cm³/mol. The zero-order chi connectivity index (χ0) is 20.9. The average molecular weight is 433 g/mol. The van der Waals surface area contributed by atoms with Gasteiger partial charge in [0.1, 0.15) is 11.5 Å². The predicted octanol–water partition coefficient (Wildman–Crippen LogP) is 6.27. The van der Waals surface area contributed by atoms with E-state index >= 15 is 0 Å². The van der Waals surface area contributed by atoms with E-state index in [1.165, 1.54) is 11.3 Å². The van der Waals surface area contributed by atoms with Crippen LogP contribution in [-0.4, -0.2) is 4.57 Å². The molecule has 30 heavy (non-hydrogen) atoms. The van der Waals surface area contributed by atoms with Gasteiger partial charge in [0.15, 0.2) is 0 Å². The number of hydrogen-bond acceptors (Lipinski definition) is 4. The lowest BCUT2D eigenvalue weighted by Gasteiger charge is -2.16. The van der Waals surface area contributed by atoms with Crippen molar-refractivity contribution >= 4 is 33.0 Å². The summed E-state index contributed by atoms with van der Waals surface area (Å²) in [6, 6.07) is 17.5. The molecule has 2 aromatic carbocycles. The number of nitrogens with zero attached hydrogens (tertiary/aromatic N) is 2. The van der Waals surface area contributed by atoms with Crippen molar-refractivity contribution in [3.05, 3.63) is 81.0 Å². The van der Waals surface area contributed by atoms with Crippen molar-refractivity contribution in [3.63, 3.8) is 0 Å². The first-order valence-corrected chi connectivity index (χ1v) is 10.8. The van der Waals surface area contributed by atoms with Gasteiger partial charge in [-0.25, -0.2) is 0 Å². The van der Waals surface area contributed by atoms with Crippen molar-refractivity contribution in [2.45, 2.75) is 18.3 Å². The third-order valence-electron chi connectivity index (χ3n) is 5.61. The summed E-state index contributed by atoms with van der Waals surface area (Å²) in [5.74, 6) is 1.34. The number of hydrogen-bond donors (Lipinski definition) is 0. The maximum atomic E-state index is 12.5. The fourth-order valence-corrected chi connectivity index (χ4v) is 4.76. The van der Waals surface area contributed by atoms with Crippen LogP contribution in [0.5, 0.6) is 11.5 Å². The fourth-order valence-electron chi connectivity index (χ4n) is 3.73. The Labute approximate surface area is 182 Å². The van der Waals surface area contributed by atoms with E-state index in [4.69, 9.17) is 16.3 Å². The van der Waals surface area contributed by atoms with Crippen LogP contribution < -0.4 is 10.3 Å². The normalized spacial score (nSPS) is 14.4. The van der Waals surface area contributed by atoms with E-state index in [9.17, 15) is 10.1 Å². The number of halogens is 1. The summed E-state index contributed by atoms with van der Waals surface area (Å²) in [6.07, 6.45) is 3.57. The van der Waals surface area contributed by atoms with Crippen LogP contribution in [0.25, 0.3) is 21.2 Å². The fraction of sp³-hybridized carbons (Fsp3) is 0.167. The maximum absolute atomic E-state index is 12.5. The lowest BCUT2D eigenvalue weighted by Crippen LogP contribution is -2.15. The van der Waals surface area contributed by atoms with Gasteiger partial charge in [0.25, 0.3) is 5.56 Å². The third kappa shape index (κ3) is 3.09. The molecule has 6 heteroatoms. The molecule has 2 heterocycles. The van der Waals surface area contributed by atoms with Crippen molar-refractivity contribution in [1.29, 1.82) is 5.26 Å². The van der Waals surface area contributed by atoms with Crippen molar-refractivity contribution in [1.82, 2.24) is 4.57 Å². The van der Waals surface area contributed by atoms with E-state index in [0.717, 1.165) is 34.2 Å². The molecular formula is C24H17ClN2O2S. The molecule has 0 saturated heterocycles. The van der Waals surface area contributed by atoms with Crippen LogP contribution in [-0.2, 0) is 12.5 Å². The largest absolute Gasteiger partial charge is 0.457 e. The van der Waals surface area contributed by atoms with Crippen LogP contribution in [0.1, 0.15) is 18.4 Å². The summed E-state index contributed by atoms with van der Waals surface area (Å²) in [5, 5.41) is 12.9. The van der Waals surface area contributed by atoms with Crippen molar-refractivity contribution in [2.75, 3.05) is 0 Å². The summed E-state index contributed by atoms with van der Waals surface area (Å²) in [5.41, 5.74) is 2.33. The van der Waals surface area contributed by atoms with E-state index < -0.39 is 5.41 Å². The molecule has 0 bridgehead atoms. The van der Waals surface area contributed by atoms with E-state index in [2.05, 4.69) is 6.07 Å². The third-order valence-corrected chi connectivity index (χ3v) is 6.81. The van der Waals surface area contributed by atoms with Gasteiger partial charge in [-0.3, -0.25) is 4.79 Å². The van der Waals surface area contributed by atoms with E-state index in [1.54, 1.807) is 23.7 Å². The highest BCUT2D eigenvalue weighted by atomic mass is 35.5. The number of ether oxygens (including phenoxy) is 1. The Hall–Kier alpha value is -3.07. The Morgan fingerprint density at radius 2 is 1.90 bits per heavy atom. The molecule has 4 aromatic rings. The minimum absolute atomic E-state index is 0.0259. The van der Waals surface area contributed by atoms with E-state index in [1.807, 2.05) is 48.0 Å². The van der Waals surface area contributed by atoms with Gasteiger partial charge in [-0.1, -0.05) is 17.7 Å². The number of aromatic nitrogens is 1. The molecule has 2 aromatic heterocycles. The molecule has 4 nitrogen and oxygen atoms in total. The molecule has 0 spiro atoms. The van der Waals surface area contributed by atoms with Gasteiger partial charge in [0.05, 0.1) is 16.9 Å². The van der Waals surface area contributed by atoms with Gasteiger partial charge in [-0.2, -0.15) is 5.26 Å². The molecule has 1 saturated carbocycles. The smallest absolute Gasteiger partial charge is 0.259 e. The Kier molecular flexibility index (Phi) is 4.43. The number of thiophene rings is 1. The summed E-state index contributed by atoms with van der Waals surface area (Å²) in [4.78, 5) is 12.5. The van der Waals surface area contributed by atoms with Crippen LogP contribution in [0.3, 0.4) is 0 Å². The zero-order valence-electron chi connectivity index (χ0n) is 16.2. The summed E-state index contributed by atoms with van der Waals surface area (Å²) in [6.45, 7) is 0. The van der Waals surface area contributed by atoms with E-state index in [-0.39, 0.29) is 5.56 Å². The molecule has 0 N–H and O–H groups in total. The minimum atomic E-state index is -0.414. The molecule has 5 rings (SSSR count). The summed E-state index contributed by atoms with van der Waals surface area (Å²) < 4.78 is 8.72. The van der Waals surface area contributed by atoms with Crippen LogP contribution in [0.15, 0.2) is 64.9 Å². The zero-order valence-corrected chi connectivity index (χ0v) is 17.8. The lowest BCUT2D eigenvalue weighted by molar-refractivity contribution is 0.484. The van der Waals surface area contributed by atoms with Crippen LogP contribution >= 0.6 is 22.9 Å². The number of aryl methyl sites for hydroxylation is 1. The standard InChI is InChI=1S/C24H17ClN2O2S/c1-27-13-20(22-18(23(27)28)8-11-30-22)19-12-15(24(14-26)9-10-24)2-7-21(19)29-17-5-3-16(25)4-6-17/h2-8,11-13H,9-10H2,1H3. The first-order valence-electron chi connectivity index (χ1n) is 9.57. The number of fused-ring (bicyclic) bond motifs is 1. The first kappa shape index (κ1) is 18.9. The summed E-state index contributed by atoms with van der Waals surface area (Å²) >= 11 is 7.54. The molecule has 0 aliphatic heterocycles. The minimum Gasteiger partial charge on any atom is -0.457 e. The first-order chi connectivity index (χ1) is 14.5. The number of nitriles is 1. The molecule has 148 valence electrons. The van der Waals surface area contributed by atoms with Crippen molar-refractivity contribution < 1.29 is 4.74 Å². The maximum Gasteiger partial charge on any atom is 0.259 e. The Morgan fingerprint density at radius 1 is 1.13 bits per heavy atom. The van der Waals surface area contributed by atoms with Gasteiger partial charge >= 0.3 is 0 Å². The van der Waals surface area contributed by atoms with Gasteiger partial charge in [0.2, 0.25) is 0 Å². The Balaban J connectivity index is 1.72. The molecular weight excluding hydrogens is 416 g/mol. The molecule has 0 amide bonds. The van der Waals surface area contributed by atoms with Crippen LogP contribution in [0.4, 0.5) is 0 Å². The number of pyridine rings is 1. The second-order valence-electron chi connectivity index (χ2n) is 7.58. The quantitative estimate of drug-likeness (QED) is 0.382. The van der Waals surface area contributed by atoms with Gasteiger partial charge in [0, 0.05) is 34.1 Å². The molecule has 0 atom stereocenters.